The molecule has 0 aromatic carbocycles. The van der Waals surface area contributed by atoms with E-state index in [-0.39, 0.29) is 6.17 Å². The number of nitrogens with zero attached hydrogens (tertiary/aromatic N) is 1. The molecule has 0 aliphatic rings. The molecule has 2 nitrogen and oxygen atoms in total. The van der Waals surface area contributed by atoms with Crippen molar-refractivity contribution >= 4 is 7.41 Å². The van der Waals surface area contributed by atoms with E-state index in [0.29, 0.717) is 0 Å². The van der Waals surface area contributed by atoms with E-state index < -0.39 is 0 Å². The zero-order valence-electron chi connectivity index (χ0n) is 11.2. The van der Waals surface area contributed by atoms with E-state index in [0.717, 1.165) is 7.41 Å². The summed E-state index contributed by atoms with van der Waals surface area (Å²) in [6.07, 6.45) is 14.0. The molecule has 3 heteroatoms. The fourth-order valence-corrected chi connectivity index (χ4v) is 1.37. The van der Waals surface area contributed by atoms with Gasteiger partial charge in [-0.1, -0.05) is 49.0 Å². The summed E-state index contributed by atoms with van der Waals surface area (Å²) in [6, 6.07) is 0. The Balaban J connectivity index is 4.52. The zero-order valence-corrected chi connectivity index (χ0v) is 11.2. The fourth-order valence-electron chi connectivity index (χ4n) is 1.37. The summed E-state index contributed by atoms with van der Waals surface area (Å²) in [5.41, 5.74) is 1.25. The second-order valence-electron chi connectivity index (χ2n) is 3.65. The smallest absolute Gasteiger partial charge is 0.271 e. The van der Waals surface area contributed by atoms with Gasteiger partial charge in [-0.3, -0.25) is 0 Å². The largest absolute Gasteiger partial charge is 0.402 e. The first-order valence-electron chi connectivity index (χ1n) is 5.89. The second-order valence-corrected chi connectivity index (χ2v) is 3.65. The highest BCUT2D eigenvalue weighted by atomic mass is 15.2. The molecule has 0 fully saturated rings. The third kappa shape index (κ3) is 6.51. The van der Waals surface area contributed by atoms with E-state index >= 15 is 0 Å². The van der Waals surface area contributed by atoms with Crippen molar-refractivity contribution in [3.05, 3.63) is 61.4 Å². The van der Waals surface area contributed by atoms with Crippen LogP contribution in [0.25, 0.3) is 0 Å². The van der Waals surface area contributed by atoms with Crippen LogP contribution in [0.1, 0.15) is 20.8 Å². The Morgan fingerprint density at radius 1 is 1.29 bits per heavy atom. The molecule has 0 aromatic heterocycles. The van der Waals surface area contributed by atoms with Gasteiger partial charge < -0.3 is 10.1 Å². The summed E-state index contributed by atoms with van der Waals surface area (Å²) >= 11 is 0. The Morgan fingerprint density at radius 3 is 2.47 bits per heavy atom. The van der Waals surface area contributed by atoms with Crippen LogP contribution in [-0.4, -0.2) is 18.4 Å². The number of nitrogens with one attached hydrogen (secondary N) is 1. The lowest BCUT2D eigenvalue weighted by molar-refractivity contribution is 0.415. The third-order valence-corrected chi connectivity index (χ3v) is 2.44. The first-order valence-corrected chi connectivity index (χ1v) is 5.89. The first kappa shape index (κ1) is 15.4. The van der Waals surface area contributed by atoms with Crippen LogP contribution in [0.5, 0.6) is 0 Å². The normalized spacial score (nSPS) is 13.7. The van der Waals surface area contributed by atoms with Gasteiger partial charge in [0.2, 0.25) is 0 Å². The Kier molecular flexibility index (Phi) is 8.66. The van der Waals surface area contributed by atoms with E-state index in [1.165, 1.54) is 5.47 Å². The zero-order chi connectivity index (χ0) is 13.1. The third-order valence-electron chi connectivity index (χ3n) is 2.44. The highest BCUT2D eigenvalue weighted by Gasteiger charge is 2.09. The molecule has 1 N–H and O–H groups in total. The van der Waals surface area contributed by atoms with Gasteiger partial charge in [0.1, 0.15) is 0 Å². The molecule has 92 valence electrons. The van der Waals surface area contributed by atoms with Gasteiger partial charge in [-0.2, -0.15) is 0 Å². The lowest BCUT2D eigenvalue weighted by Crippen LogP contribution is -2.40. The number of hydrogen-bond acceptors (Lipinski definition) is 2. The van der Waals surface area contributed by atoms with Gasteiger partial charge in [0.05, 0.1) is 6.17 Å². The lowest BCUT2D eigenvalue weighted by Gasteiger charge is -2.27. The van der Waals surface area contributed by atoms with Crippen molar-refractivity contribution < 1.29 is 0 Å². The summed E-state index contributed by atoms with van der Waals surface area (Å²) in [5.74, 6) is 0. The van der Waals surface area contributed by atoms with Crippen LogP contribution < -0.4 is 5.32 Å². The molecule has 0 spiro atoms. The molecular weight excluding hydrogens is 207 g/mol. The average molecular weight is 230 g/mol. The molecule has 1 atom stereocenters. The topological polar surface area (TPSA) is 15.3 Å². The molecule has 17 heavy (non-hydrogen) atoms. The Hall–Kier alpha value is -1.64. The van der Waals surface area contributed by atoms with E-state index in [1.54, 1.807) is 6.20 Å². The minimum atomic E-state index is 0.190. The number of rotatable bonds is 8. The number of allylic oxidation sites excluding steroid dienone is 6. The Labute approximate surface area is 106 Å². The van der Waals surface area contributed by atoms with Crippen molar-refractivity contribution in [2.75, 3.05) is 0 Å². The summed E-state index contributed by atoms with van der Waals surface area (Å²) < 4.78 is 0. The maximum atomic E-state index is 3.83. The van der Waals surface area contributed by atoms with Gasteiger partial charge in [0.25, 0.3) is 7.41 Å². The molecule has 1 unspecified atom stereocenters. The molecule has 0 saturated carbocycles. The van der Waals surface area contributed by atoms with E-state index in [4.69, 9.17) is 0 Å². The molecule has 0 amide bonds. The van der Waals surface area contributed by atoms with Crippen LogP contribution in [0.15, 0.2) is 61.4 Å². The van der Waals surface area contributed by atoms with Gasteiger partial charge in [-0.05, 0) is 33.2 Å². The average Bonchev–Trinajstić information content (AvgIpc) is 2.34. The van der Waals surface area contributed by atoms with Crippen LogP contribution in [0.4, 0.5) is 0 Å². The van der Waals surface area contributed by atoms with Crippen LogP contribution in [-0.2, 0) is 0 Å². The highest BCUT2D eigenvalue weighted by molar-refractivity contribution is 6.43. The predicted molar refractivity (Wildman–Crippen MR) is 79.7 cm³/mol. The van der Waals surface area contributed by atoms with Gasteiger partial charge in [0.15, 0.2) is 0 Å². The van der Waals surface area contributed by atoms with E-state index in [9.17, 15) is 0 Å². The van der Waals surface area contributed by atoms with Crippen LogP contribution in [0.2, 0.25) is 0 Å². The maximum absolute atomic E-state index is 3.83. The molecule has 0 rings (SSSR count). The van der Waals surface area contributed by atoms with Crippen LogP contribution >= 0.6 is 0 Å². The minimum absolute atomic E-state index is 0.190. The molecular formula is C14H23BN2. The van der Waals surface area contributed by atoms with Gasteiger partial charge in [0, 0.05) is 0 Å². The van der Waals surface area contributed by atoms with Gasteiger partial charge >= 0.3 is 0 Å². The Bertz CT molecular complexity index is 316. The minimum Gasteiger partial charge on any atom is -0.402 e. The quantitative estimate of drug-likeness (QED) is 0.392. The summed E-state index contributed by atoms with van der Waals surface area (Å²) in [4.78, 5) is 2.12. The maximum Gasteiger partial charge on any atom is 0.271 e. The lowest BCUT2D eigenvalue weighted by atomic mass is 9.79. The SMILES string of the molecule is C=CNC(C)N(BC(/C=C\C=C/C)=C/C)C=C. The monoisotopic (exact) mass is 230 g/mol. The van der Waals surface area contributed by atoms with Crippen molar-refractivity contribution in [2.24, 2.45) is 0 Å². The van der Waals surface area contributed by atoms with Crippen molar-refractivity contribution in [3.8, 4) is 0 Å². The standard InChI is InChI=1S/C14H23BN2/c1-6-10-11-12-14(7-2)15-17(9-4)13(5)16-8-3/h6-13,15-16H,3-4H2,1-2,5H3/b10-6-,12-11-,14-7+. The second kappa shape index (κ2) is 9.58. The Morgan fingerprint density at radius 2 is 2.00 bits per heavy atom. The van der Waals surface area contributed by atoms with E-state index in [1.807, 2.05) is 38.3 Å². The number of hydrogen-bond donors (Lipinski definition) is 1. The fraction of sp³-hybridized carbons (Fsp3) is 0.286. The summed E-state index contributed by atoms with van der Waals surface area (Å²) in [7, 11) is 0.829. The summed E-state index contributed by atoms with van der Waals surface area (Å²) in [6.45, 7) is 13.6. The molecule has 0 heterocycles. The molecule has 0 aliphatic heterocycles. The van der Waals surface area contributed by atoms with Crippen molar-refractivity contribution in [1.29, 1.82) is 0 Å². The molecule has 0 aliphatic carbocycles. The highest BCUT2D eigenvalue weighted by Crippen LogP contribution is 2.03. The van der Waals surface area contributed by atoms with Crippen molar-refractivity contribution in [2.45, 2.75) is 26.9 Å². The summed E-state index contributed by atoms with van der Waals surface area (Å²) in [5, 5.41) is 3.15. The van der Waals surface area contributed by atoms with Gasteiger partial charge in [-0.15, -0.1) is 0 Å². The van der Waals surface area contributed by atoms with Gasteiger partial charge in [-0.25, -0.2) is 0 Å². The molecule has 0 aromatic rings. The van der Waals surface area contributed by atoms with Crippen LogP contribution in [0.3, 0.4) is 0 Å². The molecule has 0 radical (unpaired) electrons. The predicted octanol–water partition coefficient (Wildman–Crippen LogP) is 2.90. The molecule has 0 bridgehead atoms. The molecule has 0 saturated heterocycles. The van der Waals surface area contributed by atoms with Crippen molar-refractivity contribution in [3.63, 3.8) is 0 Å². The van der Waals surface area contributed by atoms with Crippen molar-refractivity contribution in [1.82, 2.24) is 10.1 Å². The van der Waals surface area contributed by atoms with E-state index in [2.05, 4.69) is 42.4 Å². The van der Waals surface area contributed by atoms with Crippen LogP contribution in [0, 0.1) is 0 Å². The first-order chi connectivity index (χ1) is 8.19.